The second kappa shape index (κ2) is 4.28. The lowest BCUT2D eigenvalue weighted by atomic mass is 9.92. The Balaban J connectivity index is 1.83. The van der Waals surface area contributed by atoms with Gasteiger partial charge in [0.15, 0.2) is 0 Å². The van der Waals surface area contributed by atoms with Crippen LogP contribution in [0.5, 0.6) is 0 Å². The van der Waals surface area contributed by atoms with Crippen LogP contribution in [0.15, 0.2) is 35.7 Å². The average Bonchev–Trinajstić information content (AvgIpc) is 2.93. The fraction of sp³-hybridized carbons (Fsp3) is 0.333. The van der Waals surface area contributed by atoms with Crippen LogP contribution in [-0.2, 0) is 12.8 Å². The molecular weight excluding hydrogens is 226 g/mol. The Morgan fingerprint density at radius 2 is 1.82 bits per heavy atom. The molecular formula is C15H17NS. The molecule has 1 aliphatic carbocycles. The van der Waals surface area contributed by atoms with Crippen LogP contribution in [0.2, 0.25) is 0 Å². The summed E-state index contributed by atoms with van der Waals surface area (Å²) in [7, 11) is 0. The van der Waals surface area contributed by atoms with Gasteiger partial charge in [-0.05, 0) is 53.8 Å². The largest absolute Gasteiger partial charge is 0.324 e. The Hall–Kier alpha value is -1.12. The zero-order valence-corrected chi connectivity index (χ0v) is 10.8. The molecule has 1 aromatic heterocycles. The van der Waals surface area contributed by atoms with Crippen molar-refractivity contribution in [3.8, 4) is 0 Å². The molecule has 88 valence electrons. The van der Waals surface area contributed by atoms with Crippen LogP contribution in [0.25, 0.3) is 0 Å². The summed E-state index contributed by atoms with van der Waals surface area (Å²) in [6, 6.07) is 11.1. The molecule has 1 aromatic carbocycles. The number of hydrogen-bond donors (Lipinski definition) is 1. The molecule has 0 fully saturated rings. The van der Waals surface area contributed by atoms with E-state index in [1.54, 1.807) is 11.3 Å². The maximum absolute atomic E-state index is 6.43. The fourth-order valence-electron chi connectivity index (χ4n) is 2.84. The number of aryl methyl sites for hydroxylation is 1. The van der Waals surface area contributed by atoms with E-state index < -0.39 is 0 Å². The highest BCUT2D eigenvalue weighted by atomic mass is 32.1. The normalized spacial score (nSPS) is 17.1. The first kappa shape index (κ1) is 11.0. The lowest BCUT2D eigenvalue weighted by Crippen LogP contribution is -2.21. The van der Waals surface area contributed by atoms with E-state index in [0.29, 0.717) is 5.92 Å². The van der Waals surface area contributed by atoms with E-state index >= 15 is 0 Å². The van der Waals surface area contributed by atoms with Crippen LogP contribution in [0.3, 0.4) is 0 Å². The predicted octanol–water partition coefficient (Wildman–Crippen LogP) is 3.47. The van der Waals surface area contributed by atoms with Crippen molar-refractivity contribution in [1.82, 2.24) is 0 Å². The maximum atomic E-state index is 6.43. The van der Waals surface area contributed by atoms with Crippen LogP contribution < -0.4 is 5.73 Å². The van der Waals surface area contributed by atoms with Gasteiger partial charge in [-0.2, -0.15) is 0 Å². The maximum Gasteiger partial charge on any atom is 0.0340 e. The third-order valence-corrected chi connectivity index (χ3v) is 4.71. The van der Waals surface area contributed by atoms with Crippen molar-refractivity contribution in [1.29, 1.82) is 0 Å². The molecule has 17 heavy (non-hydrogen) atoms. The zero-order chi connectivity index (χ0) is 11.8. The molecule has 1 nitrogen and oxygen atoms in total. The number of thiophene rings is 1. The number of hydrogen-bond acceptors (Lipinski definition) is 2. The van der Waals surface area contributed by atoms with E-state index in [9.17, 15) is 0 Å². The van der Waals surface area contributed by atoms with Crippen LogP contribution >= 0.6 is 11.3 Å². The summed E-state index contributed by atoms with van der Waals surface area (Å²) in [4.78, 5) is 1.37. The number of rotatable bonds is 2. The number of fused-ring (bicyclic) bond motifs is 1. The molecule has 2 heteroatoms. The van der Waals surface area contributed by atoms with E-state index in [1.807, 2.05) is 0 Å². The highest BCUT2D eigenvalue weighted by Gasteiger charge is 2.28. The van der Waals surface area contributed by atoms with Crippen molar-refractivity contribution in [2.24, 2.45) is 11.7 Å². The van der Waals surface area contributed by atoms with Crippen LogP contribution in [0.1, 0.15) is 27.6 Å². The molecule has 0 radical (unpaired) electrons. The minimum Gasteiger partial charge on any atom is -0.324 e. The first-order valence-corrected chi connectivity index (χ1v) is 7.00. The third kappa shape index (κ3) is 1.92. The van der Waals surface area contributed by atoms with Gasteiger partial charge in [0.1, 0.15) is 0 Å². The quantitative estimate of drug-likeness (QED) is 0.858. The number of benzene rings is 1. The Morgan fingerprint density at radius 3 is 2.35 bits per heavy atom. The molecule has 2 N–H and O–H groups in total. The summed E-state index contributed by atoms with van der Waals surface area (Å²) < 4.78 is 0. The second-order valence-electron chi connectivity index (χ2n) is 4.89. The molecule has 3 rings (SSSR count). The van der Waals surface area contributed by atoms with E-state index in [2.05, 4.69) is 42.6 Å². The molecule has 1 atom stereocenters. The summed E-state index contributed by atoms with van der Waals surface area (Å²) in [5, 5.41) is 2.15. The van der Waals surface area contributed by atoms with Crippen molar-refractivity contribution < 1.29 is 0 Å². The summed E-state index contributed by atoms with van der Waals surface area (Å²) >= 11 is 1.80. The molecule has 1 aliphatic rings. The van der Waals surface area contributed by atoms with Gasteiger partial charge in [0.25, 0.3) is 0 Å². The molecule has 2 aromatic rings. The lowest BCUT2D eigenvalue weighted by Gasteiger charge is -2.18. The van der Waals surface area contributed by atoms with E-state index in [-0.39, 0.29) is 6.04 Å². The van der Waals surface area contributed by atoms with E-state index in [4.69, 9.17) is 5.73 Å². The summed E-state index contributed by atoms with van der Waals surface area (Å²) in [5.74, 6) is 0.570. The van der Waals surface area contributed by atoms with Gasteiger partial charge in [0.05, 0.1) is 0 Å². The van der Waals surface area contributed by atoms with Crippen molar-refractivity contribution in [2.45, 2.75) is 25.8 Å². The van der Waals surface area contributed by atoms with Crippen LogP contribution in [-0.4, -0.2) is 0 Å². The smallest absolute Gasteiger partial charge is 0.0340 e. The van der Waals surface area contributed by atoms with Crippen molar-refractivity contribution in [3.63, 3.8) is 0 Å². The molecule has 0 saturated heterocycles. The van der Waals surface area contributed by atoms with Gasteiger partial charge in [0.2, 0.25) is 0 Å². The Morgan fingerprint density at radius 1 is 1.18 bits per heavy atom. The fourth-order valence-corrected chi connectivity index (χ4v) is 3.60. The highest BCUT2D eigenvalue weighted by molar-refractivity contribution is 7.10. The number of nitrogens with two attached hydrogens (primary N) is 1. The average molecular weight is 243 g/mol. The van der Waals surface area contributed by atoms with Crippen molar-refractivity contribution in [2.75, 3.05) is 0 Å². The zero-order valence-electron chi connectivity index (χ0n) is 10.0. The van der Waals surface area contributed by atoms with Gasteiger partial charge >= 0.3 is 0 Å². The van der Waals surface area contributed by atoms with Gasteiger partial charge in [-0.15, -0.1) is 11.3 Å². The van der Waals surface area contributed by atoms with E-state index in [1.165, 1.54) is 21.6 Å². The molecule has 1 unspecified atom stereocenters. The first-order valence-electron chi connectivity index (χ1n) is 6.12. The minimum absolute atomic E-state index is 0.189. The van der Waals surface area contributed by atoms with Gasteiger partial charge in [-0.25, -0.2) is 0 Å². The highest BCUT2D eigenvalue weighted by Crippen LogP contribution is 2.35. The minimum atomic E-state index is 0.189. The standard InChI is InChI=1S/C15H17NS/c1-10-14(6-7-17-10)15(16)13-8-11-4-2-3-5-12(11)9-13/h2-7,13,15H,8-9,16H2,1H3. The summed E-state index contributed by atoms with van der Waals surface area (Å²) in [6.07, 6.45) is 2.26. The molecule has 0 bridgehead atoms. The Bertz CT molecular complexity index is 504. The molecule has 0 amide bonds. The monoisotopic (exact) mass is 243 g/mol. The lowest BCUT2D eigenvalue weighted by molar-refractivity contribution is 0.453. The van der Waals surface area contributed by atoms with Gasteiger partial charge in [-0.1, -0.05) is 24.3 Å². The van der Waals surface area contributed by atoms with Crippen LogP contribution in [0.4, 0.5) is 0 Å². The predicted molar refractivity (Wildman–Crippen MR) is 73.3 cm³/mol. The van der Waals surface area contributed by atoms with Crippen molar-refractivity contribution in [3.05, 3.63) is 57.3 Å². The van der Waals surface area contributed by atoms with Gasteiger partial charge < -0.3 is 5.73 Å². The summed E-state index contributed by atoms with van der Waals surface area (Å²) in [5.41, 5.74) is 10.7. The van der Waals surface area contributed by atoms with Crippen molar-refractivity contribution >= 4 is 11.3 Å². The molecule has 0 saturated carbocycles. The Labute approximate surface area is 106 Å². The molecule has 0 spiro atoms. The van der Waals surface area contributed by atoms with Gasteiger partial charge in [0, 0.05) is 10.9 Å². The topological polar surface area (TPSA) is 26.0 Å². The Kier molecular flexibility index (Phi) is 2.77. The van der Waals surface area contributed by atoms with Crippen LogP contribution in [0, 0.1) is 12.8 Å². The third-order valence-electron chi connectivity index (χ3n) is 3.85. The summed E-state index contributed by atoms with van der Waals surface area (Å²) in [6.45, 7) is 2.17. The molecule has 1 heterocycles. The second-order valence-corrected chi connectivity index (χ2v) is 6.02. The SMILES string of the molecule is Cc1sccc1C(N)C1Cc2ccccc2C1. The molecule has 0 aliphatic heterocycles. The van der Waals surface area contributed by atoms with Gasteiger partial charge in [-0.3, -0.25) is 0 Å². The van der Waals surface area contributed by atoms with E-state index in [0.717, 1.165) is 12.8 Å². The first-order chi connectivity index (χ1) is 8.25.